The molecule has 0 radical (unpaired) electrons. The van der Waals surface area contributed by atoms with E-state index < -0.39 is 11.8 Å². The number of carboxylic acids is 1. The summed E-state index contributed by atoms with van der Waals surface area (Å²) in [6.07, 6.45) is 1.77. The Balaban J connectivity index is 2.25. The van der Waals surface area contributed by atoms with Crippen molar-refractivity contribution in [2.75, 3.05) is 13.2 Å². The van der Waals surface area contributed by atoms with E-state index in [-0.39, 0.29) is 17.8 Å². The predicted molar refractivity (Wildman–Crippen MR) is 76.4 cm³/mol. The van der Waals surface area contributed by atoms with Crippen LogP contribution in [0.4, 0.5) is 4.39 Å². The Labute approximate surface area is 123 Å². The predicted octanol–water partition coefficient (Wildman–Crippen LogP) is 3.18. The second-order valence-corrected chi connectivity index (χ2v) is 5.03. The topological polar surface area (TPSA) is 59.1 Å². The number of hydrogen-bond acceptors (Lipinski definition) is 3. The molecule has 5 heteroatoms. The summed E-state index contributed by atoms with van der Waals surface area (Å²) < 4.78 is 24.2. The van der Waals surface area contributed by atoms with Gasteiger partial charge in [0, 0.05) is 5.57 Å². The molecule has 0 spiro atoms. The zero-order valence-electron chi connectivity index (χ0n) is 12.1. The average molecular weight is 294 g/mol. The van der Waals surface area contributed by atoms with Gasteiger partial charge in [-0.3, -0.25) is 0 Å². The molecule has 0 aromatic heterocycles. The van der Waals surface area contributed by atoms with Gasteiger partial charge in [0.15, 0.2) is 0 Å². The van der Waals surface area contributed by atoms with E-state index in [1.165, 1.54) is 18.2 Å². The van der Waals surface area contributed by atoms with Crippen LogP contribution in [0.15, 0.2) is 23.8 Å². The fourth-order valence-corrected chi connectivity index (χ4v) is 2.05. The fourth-order valence-electron chi connectivity index (χ4n) is 2.05. The van der Waals surface area contributed by atoms with Crippen LogP contribution in [-0.4, -0.2) is 30.4 Å². The standard InChI is InChI=1S/C16H19FO4/c1-3-11(16(18)19)6-12-7-13(17)4-5-15(12)10(2)20-8-14-9-21-14/h4-7,10,14H,3,8-9H2,1-2H3,(H,18,19)/t10-,14+/m1/s1. The van der Waals surface area contributed by atoms with Crippen molar-refractivity contribution in [2.24, 2.45) is 0 Å². The van der Waals surface area contributed by atoms with Crippen LogP contribution in [0.3, 0.4) is 0 Å². The van der Waals surface area contributed by atoms with Crippen molar-refractivity contribution in [3.8, 4) is 0 Å². The molecule has 0 saturated carbocycles. The molecule has 2 atom stereocenters. The van der Waals surface area contributed by atoms with Crippen molar-refractivity contribution in [1.29, 1.82) is 0 Å². The van der Waals surface area contributed by atoms with Crippen molar-refractivity contribution in [2.45, 2.75) is 32.5 Å². The van der Waals surface area contributed by atoms with Gasteiger partial charge in [-0.1, -0.05) is 13.0 Å². The number of rotatable bonds is 7. The number of carbonyl (C=O) groups is 1. The van der Waals surface area contributed by atoms with Crippen LogP contribution < -0.4 is 0 Å². The van der Waals surface area contributed by atoms with Crippen LogP contribution in [-0.2, 0) is 14.3 Å². The maximum absolute atomic E-state index is 13.5. The Bertz CT molecular complexity index is 549. The van der Waals surface area contributed by atoms with Crippen LogP contribution in [0.1, 0.15) is 37.5 Å². The molecule has 1 saturated heterocycles. The van der Waals surface area contributed by atoms with E-state index >= 15 is 0 Å². The van der Waals surface area contributed by atoms with E-state index in [0.717, 1.165) is 5.56 Å². The zero-order chi connectivity index (χ0) is 15.4. The summed E-state index contributed by atoms with van der Waals surface area (Å²) in [6.45, 7) is 4.81. The molecule has 1 heterocycles. The van der Waals surface area contributed by atoms with Crippen LogP contribution in [0.25, 0.3) is 6.08 Å². The first-order chi connectivity index (χ1) is 10.0. The van der Waals surface area contributed by atoms with Gasteiger partial charge in [0.25, 0.3) is 0 Å². The summed E-state index contributed by atoms with van der Waals surface area (Å²) in [5.74, 6) is -1.39. The minimum atomic E-state index is -0.993. The minimum Gasteiger partial charge on any atom is -0.478 e. The molecule has 0 aliphatic carbocycles. The van der Waals surface area contributed by atoms with E-state index in [2.05, 4.69) is 0 Å². The number of aliphatic carboxylic acids is 1. The van der Waals surface area contributed by atoms with Crippen LogP contribution in [0.2, 0.25) is 0 Å². The number of hydrogen-bond donors (Lipinski definition) is 1. The van der Waals surface area contributed by atoms with E-state index in [1.807, 2.05) is 6.92 Å². The summed E-state index contributed by atoms with van der Waals surface area (Å²) in [5.41, 5.74) is 1.54. The van der Waals surface area contributed by atoms with Gasteiger partial charge in [0.1, 0.15) is 11.9 Å². The van der Waals surface area contributed by atoms with E-state index in [1.54, 1.807) is 13.0 Å². The zero-order valence-corrected chi connectivity index (χ0v) is 12.1. The molecule has 1 aromatic carbocycles. The number of ether oxygens (including phenoxy) is 2. The molecular weight excluding hydrogens is 275 g/mol. The molecule has 21 heavy (non-hydrogen) atoms. The Morgan fingerprint density at radius 2 is 2.33 bits per heavy atom. The Morgan fingerprint density at radius 1 is 1.62 bits per heavy atom. The van der Waals surface area contributed by atoms with Crippen molar-refractivity contribution in [1.82, 2.24) is 0 Å². The van der Waals surface area contributed by atoms with E-state index in [0.29, 0.717) is 25.2 Å². The summed E-state index contributed by atoms with van der Waals surface area (Å²) >= 11 is 0. The van der Waals surface area contributed by atoms with Gasteiger partial charge in [-0.15, -0.1) is 0 Å². The molecule has 1 aliphatic heterocycles. The summed E-state index contributed by atoms with van der Waals surface area (Å²) in [7, 11) is 0. The molecule has 1 aromatic rings. The third kappa shape index (κ3) is 4.37. The highest BCUT2D eigenvalue weighted by Gasteiger charge is 2.24. The largest absolute Gasteiger partial charge is 0.478 e. The van der Waals surface area contributed by atoms with E-state index in [4.69, 9.17) is 14.6 Å². The van der Waals surface area contributed by atoms with E-state index in [9.17, 15) is 9.18 Å². The lowest BCUT2D eigenvalue weighted by atomic mass is 10.00. The molecule has 4 nitrogen and oxygen atoms in total. The lowest BCUT2D eigenvalue weighted by Gasteiger charge is -2.16. The highest BCUT2D eigenvalue weighted by molar-refractivity contribution is 5.92. The Kier molecular flexibility index (Phi) is 5.09. The minimum absolute atomic E-state index is 0.150. The Morgan fingerprint density at radius 3 is 2.90 bits per heavy atom. The molecule has 1 N–H and O–H groups in total. The monoisotopic (exact) mass is 294 g/mol. The van der Waals surface area contributed by atoms with Crippen LogP contribution >= 0.6 is 0 Å². The smallest absolute Gasteiger partial charge is 0.331 e. The fraction of sp³-hybridized carbons (Fsp3) is 0.438. The second kappa shape index (κ2) is 6.83. The molecule has 1 aliphatic rings. The van der Waals surface area contributed by atoms with Gasteiger partial charge in [-0.25, -0.2) is 9.18 Å². The SMILES string of the molecule is CCC(=Cc1cc(F)ccc1[C@@H](C)OC[C@H]1CO1)C(=O)O. The highest BCUT2D eigenvalue weighted by atomic mass is 19.1. The lowest BCUT2D eigenvalue weighted by molar-refractivity contribution is -0.132. The quantitative estimate of drug-likeness (QED) is 0.620. The maximum Gasteiger partial charge on any atom is 0.331 e. The van der Waals surface area contributed by atoms with Crippen molar-refractivity contribution in [3.63, 3.8) is 0 Å². The molecule has 1 fully saturated rings. The normalized spacial score (nSPS) is 19.4. The van der Waals surface area contributed by atoms with Crippen molar-refractivity contribution < 1.29 is 23.8 Å². The van der Waals surface area contributed by atoms with Gasteiger partial charge in [-0.2, -0.15) is 0 Å². The number of epoxide rings is 1. The molecule has 2 rings (SSSR count). The third-order valence-corrected chi connectivity index (χ3v) is 3.41. The van der Waals surface area contributed by atoms with Gasteiger partial charge in [0.2, 0.25) is 0 Å². The number of halogens is 1. The first-order valence-electron chi connectivity index (χ1n) is 6.97. The average Bonchev–Trinajstić information content (AvgIpc) is 3.26. The molecule has 0 bridgehead atoms. The summed E-state index contributed by atoms with van der Waals surface area (Å²) in [5, 5.41) is 9.11. The van der Waals surface area contributed by atoms with Crippen molar-refractivity contribution >= 4 is 12.0 Å². The number of benzene rings is 1. The van der Waals surface area contributed by atoms with Crippen LogP contribution in [0, 0.1) is 5.82 Å². The highest BCUT2D eigenvalue weighted by Crippen LogP contribution is 2.26. The van der Waals surface area contributed by atoms with Gasteiger partial charge in [-0.05, 0) is 42.7 Å². The molecule has 0 unspecified atom stereocenters. The number of carboxylic acid groups (broad SMARTS) is 1. The summed E-state index contributed by atoms with van der Waals surface area (Å²) in [6, 6.07) is 4.32. The first-order valence-corrected chi connectivity index (χ1v) is 6.97. The first kappa shape index (κ1) is 15.7. The van der Waals surface area contributed by atoms with Gasteiger partial charge >= 0.3 is 5.97 Å². The maximum atomic E-state index is 13.5. The molecular formula is C16H19FO4. The molecule has 0 amide bonds. The van der Waals surface area contributed by atoms with Crippen LogP contribution in [0.5, 0.6) is 0 Å². The second-order valence-electron chi connectivity index (χ2n) is 5.03. The van der Waals surface area contributed by atoms with Gasteiger partial charge in [0.05, 0.1) is 19.3 Å². The van der Waals surface area contributed by atoms with Gasteiger partial charge < -0.3 is 14.6 Å². The van der Waals surface area contributed by atoms with Crippen molar-refractivity contribution in [3.05, 3.63) is 40.7 Å². The lowest BCUT2D eigenvalue weighted by Crippen LogP contribution is -2.08. The third-order valence-electron chi connectivity index (χ3n) is 3.41. The molecule has 114 valence electrons. The Hall–Kier alpha value is -1.72. The summed E-state index contributed by atoms with van der Waals surface area (Å²) in [4.78, 5) is 11.1.